The van der Waals surface area contributed by atoms with E-state index in [4.69, 9.17) is 9.47 Å². The van der Waals surface area contributed by atoms with Gasteiger partial charge in [0.05, 0.1) is 18.8 Å². The molecule has 0 bridgehead atoms. The van der Waals surface area contributed by atoms with Gasteiger partial charge in [-0.15, -0.1) is 0 Å². The van der Waals surface area contributed by atoms with Crippen molar-refractivity contribution in [2.75, 3.05) is 31.6 Å². The molecule has 2 amide bonds. The van der Waals surface area contributed by atoms with Gasteiger partial charge < -0.3 is 19.7 Å². The summed E-state index contributed by atoms with van der Waals surface area (Å²) in [7, 11) is 0. The first-order valence-corrected chi connectivity index (χ1v) is 7.85. The number of alkyl halides is 3. The van der Waals surface area contributed by atoms with E-state index in [1.54, 1.807) is 0 Å². The molecular weight excluding hydrogens is 341 g/mol. The third-order valence-corrected chi connectivity index (χ3v) is 4.29. The molecule has 1 aromatic rings. The zero-order valence-electron chi connectivity index (χ0n) is 13.3. The summed E-state index contributed by atoms with van der Waals surface area (Å²) in [5.41, 5.74) is -0.697. The van der Waals surface area contributed by atoms with Crippen LogP contribution in [0.5, 0.6) is 0 Å². The molecule has 1 spiro atoms. The van der Waals surface area contributed by atoms with Crippen LogP contribution in [0.1, 0.15) is 18.4 Å². The third-order valence-electron chi connectivity index (χ3n) is 4.29. The maximum absolute atomic E-state index is 12.5. The smallest absolute Gasteiger partial charge is 0.347 e. The molecular formula is C16H17F3N2O4. The number of halogens is 3. The molecule has 0 unspecified atom stereocenters. The van der Waals surface area contributed by atoms with E-state index in [-0.39, 0.29) is 5.69 Å². The Morgan fingerprint density at radius 2 is 1.60 bits per heavy atom. The van der Waals surface area contributed by atoms with E-state index in [1.807, 2.05) is 0 Å². The van der Waals surface area contributed by atoms with Crippen LogP contribution in [0.2, 0.25) is 0 Å². The average molecular weight is 358 g/mol. The molecule has 9 heteroatoms. The van der Waals surface area contributed by atoms with E-state index in [0.717, 1.165) is 24.3 Å². The number of hydrogen-bond donors (Lipinski definition) is 1. The first-order valence-electron chi connectivity index (χ1n) is 7.85. The first-order chi connectivity index (χ1) is 11.8. The molecule has 0 aromatic heterocycles. The van der Waals surface area contributed by atoms with E-state index < -0.39 is 29.3 Å². The number of nitrogens with zero attached hydrogens (tertiary/aromatic N) is 1. The maximum atomic E-state index is 12.5. The minimum Gasteiger partial charge on any atom is -0.347 e. The number of carbonyl (C=O) groups is 2. The van der Waals surface area contributed by atoms with E-state index in [2.05, 4.69) is 5.32 Å². The second-order valence-electron chi connectivity index (χ2n) is 5.93. The fourth-order valence-electron chi connectivity index (χ4n) is 2.91. The molecule has 1 N–H and O–H groups in total. The van der Waals surface area contributed by atoms with Gasteiger partial charge in [-0.05, 0) is 24.3 Å². The van der Waals surface area contributed by atoms with Crippen LogP contribution in [0.3, 0.4) is 0 Å². The lowest BCUT2D eigenvalue weighted by atomic mass is 10.0. The fraction of sp³-hybridized carbons (Fsp3) is 0.500. The van der Waals surface area contributed by atoms with Gasteiger partial charge in [0.25, 0.3) is 0 Å². The molecule has 2 fully saturated rings. The third kappa shape index (κ3) is 3.93. The summed E-state index contributed by atoms with van der Waals surface area (Å²) in [6.07, 6.45) is -3.49. The second-order valence-corrected chi connectivity index (χ2v) is 5.93. The highest BCUT2D eigenvalue weighted by Crippen LogP contribution is 2.31. The lowest BCUT2D eigenvalue weighted by Crippen LogP contribution is -2.50. The molecule has 0 atom stereocenters. The minimum atomic E-state index is -4.45. The van der Waals surface area contributed by atoms with Gasteiger partial charge in [0.1, 0.15) is 0 Å². The SMILES string of the molecule is O=C(Nc1ccc(C(F)(F)F)cc1)C(=O)N1CCC2(CC1)OCCO2. The summed E-state index contributed by atoms with van der Waals surface area (Å²) in [4.78, 5) is 25.6. The molecule has 136 valence electrons. The number of likely N-dealkylation sites (tertiary alicyclic amines) is 1. The van der Waals surface area contributed by atoms with Gasteiger partial charge in [0, 0.05) is 31.6 Å². The molecule has 1 aromatic carbocycles. The minimum absolute atomic E-state index is 0.127. The quantitative estimate of drug-likeness (QED) is 0.780. The van der Waals surface area contributed by atoms with Crippen molar-refractivity contribution in [3.63, 3.8) is 0 Å². The Morgan fingerprint density at radius 1 is 1.04 bits per heavy atom. The number of rotatable bonds is 1. The molecule has 3 rings (SSSR count). The second kappa shape index (κ2) is 6.64. The van der Waals surface area contributed by atoms with Crippen molar-refractivity contribution >= 4 is 17.5 Å². The van der Waals surface area contributed by atoms with Crippen molar-refractivity contribution in [2.24, 2.45) is 0 Å². The molecule has 2 aliphatic heterocycles. The van der Waals surface area contributed by atoms with E-state index in [0.29, 0.717) is 39.1 Å². The average Bonchev–Trinajstić information content (AvgIpc) is 3.03. The Kier molecular flexibility index (Phi) is 4.70. The lowest BCUT2D eigenvalue weighted by Gasteiger charge is -2.37. The summed E-state index contributed by atoms with van der Waals surface area (Å²) in [6.45, 7) is 1.67. The van der Waals surface area contributed by atoms with E-state index in [1.165, 1.54) is 4.90 Å². The topological polar surface area (TPSA) is 67.9 Å². The normalized spacial score (nSPS) is 19.9. The van der Waals surface area contributed by atoms with Gasteiger partial charge in [-0.2, -0.15) is 13.2 Å². The van der Waals surface area contributed by atoms with Crippen LogP contribution in [0.4, 0.5) is 18.9 Å². The lowest BCUT2D eigenvalue weighted by molar-refractivity contribution is -0.187. The van der Waals surface area contributed by atoms with Crippen LogP contribution in [-0.2, 0) is 25.2 Å². The predicted octanol–water partition coefficient (Wildman–Crippen LogP) is 2.01. The number of hydrogen-bond acceptors (Lipinski definition) is 4. The van der Waals surface area contributed by atoms with Gasteiger partial charge in [0.15, 0.2) is 5.79 Å². The summed E-state index contributed by atoms with van der Waals surface area (Å²) in [5, 5.41) is 2.32. The summed E-state index contributed by atoms with van der Waals surface area (Å²) < 4.78 is 48.6. The van der Waals surface area contributed by atoms with Crippen molar-refractivity contribution in [1.29, 1.82) is 0 Å². The Balaban J connectivity index is 1.55. The maximum Gasteiger partial charge on any atom is 0.416 e. The molecule has 0 radical (unpaired) electrons. The highest BCUT2D eigenvalue weighted by molar-refractivity contribution is 6.39. The number of anilines is 1. The molecule has 0 aliphatic carbocycles. The van der Waals surface area contributed by atoms with Crippen LogP contribution >= 0.6 is 0 Å². The highest BCUT2D eigenvalue weighted by atomic mass is 19.4. The van der Waals surface area contributed by atoms with E-state index >= 15 is 0 Å². The molecule has 25 heavy (non-hydrogen) atoms. The summed E-state index contributed by atoms with van der Waals surface area (Å²) in [6, 6.07) is 3.91. The number of nitrogens with one attached hydrogen (secondary N) is 1. The first kappa shape index (κ1) is 17.7. The van der Waals surface area contributed by atoms with Gasteiger partial charge >= 0.3 is 18.0 Å². The van der Waals surface area contributed by atoms with Crippen LogP contribution < -0.4 is 5.32 Å². The van der Waals surface area contributed by atoms with Crippen LogP contribution in [-0.4, -0.2) is 48.8 Å². The van der Waals surface area contributed by atoms with Gasteiger partial charge in [-0.3, -0.25) is 9.59 Å². The number of piperidine rings is 1. The summed E-state index contributed by atoms with van der Waals surface area (Å²) in [5.74, 6) is -2.27. The van der Waals surface area contributed by atoms with Gasteiger partial charge in [-0.25, -0.2) is 0 Å². The molecule has 2 aliphatic rings. The zero-order valence-corrected chi connectivity index (χ0v) is 13.3. The number of benzene rings is 1. The van der Waals surface area contributed by atoms with Crippen LogP contribution in [0.25, 0.3) is 0 Å². The predicted molar refractivity (Wildman–Crippen MR) is 80.5 cm³/mol. The Labute approximate surface area is 141 Å². The Morgan fingerprint density at radius 3 is 2.12 bits per heavy atom. The number of amides is 2. The zero-order chi connectivity index (χ0) is 18.1. The van der Waals surface area contributed by atoms with Crippen LogP contribution in [0, 0.1) is 0 Å². The highest BCUT2D eigenvalue weighted by Gasteiger charge is 2.41. The monoisotopic (exact) mass is 358 g/mol. The summed E-state index contributed by atoms with van der Waals surface area (Å²) >= 11 is 0. The van der Waals surface area contributed by atoms with Crippen molar-refractivity contribution in [3.05, 3.63) is 29.8 Å². The van der Waals surface area contributed by atoms with E-state index in [9.17, 15) is 22.8 Å². The van der Waals surface area contributed by atoms with Crippen LogP contribution in [0.15, 0.2) is 24.3 Å². The molecule has 6 nitrogen and oxygen atoms in total. The fourth-order valence-corrected chi connectivity index (χ4v) is 2.91. The van der Waals surface area contributed by atoms with Crippen molar-refractivity contribution in [2.45, 2.75) is 24.8 Å². The van der Waals surface area contributed by atoms with Gasteiger partial charge in [-0.1, -0.05) is 0 Å². The Bertz CT molecular complexity index is 644. The standard InChI is InChI=1S/C16H17F3N2O4/c17-16(18,19)11-1-3-12(4-2-11)20-13(22)14(23)21-7-5-15(6-8-21)24-9-10-25-15/h1-4H,5-10H2,(H,20,22). The van der Waals surface area contributed by atoms with Crippen molar-refractivity contribution in [3.8, 4) is 0 Å². The Hall–Kier alpha value is -2.13. The number of carbonyl (C=O) groups excluding carboxylic acids is 2. The molecule has 0 saturated carbocycles. The van der Waals surface area contributed by atoms with Gasteiger partial charge in [0.2, 0.25) is 0 Å². The van der Waals surface area contributed by atoms with Crippen molar-refractivity contribution in [1.82, 2.24) is 4.90 Å². The molecule has 2 saturated heterocycles. The van der Waals surface area contributed by atoms with Crippen molar-refractivity contribution < 1.29 is 32.2 Å². The molecule has 2 heterocycles. The largest absolute Gasteiger partial charge is 0.416 e. The number of ether oxygens (including phenoxy) is 2.